The van der Waals surface area contributed by atoms with E-state index >= 15 is 0 Å². The van der Waals surface area contributed by atoms with Crippen molar-refractivity contribution >= 4 is 74.6 Å². The van der Waals surface area contributed by atoms with Crippen molar-refractivity contribution in [1.82, 2.24) is 10.6 Å². The zero-order valence-electron chi connectivity index (χ0n) is 64.2. The summed E-state index contributed by atoms with van der Waals surface area (Å²) in [4.78, 5) is 33.3. The molecule has 2 aromatic carbocycles. The first-order valence-corrected chi connectivity index (χ1v) is 47.1. The molecule has 94 heavy (non-hydrogen) atoms. The molecule has 2 N–H and O–H groups in total. The van der Waals surface area contributed by atoms with Crippen LogP contribution in [0.4, 0.5) is 0 Å². The Morgan fingerprint density at radius 3 is 1.05 bits per heavy atom. The molecule has 22 heteroatoms. The van der Waals surface area contributed by atoms with Gasteiger partial charge in [-0.05, 0) is 156 Å². The van der Waals surface area contributed by atoms with Crippen LogP contribution < -0.4 is 20.1 Å². The number of hydrogen-bond acceptors (Lipinski definition) is 8. The second-order valence-electron chi connectivity index (χ2n) is 36.1. The van der Waals surface area contributed by atoms with E-state index in [2.05, 4.69) is 200 Å². The van der Waals surface area contributed by atoms with Crippen LogP contribution in [0.15, 0.2) is 48.5 Å². The van der Waals surface area contributed by atoms with Crippen LogP contribution >= 0.6 is 0 Å². The molecule has 526 valence electrons. The number of nitrogens with one attached hydrogen (secondary N) is 2. The molecule has 4 heterocycles. The van der Waals surface area contributed by atoms with Crippen LogP contribution in [-0.4, -0.2) is 110 Å². The van der Waals surface area contributed by atoms with Crippen LogP contribution in [0.2, 0.25) is 76.6 Å². The van der Waals surface area contributed by atoms with Crippen LogP contribution in [0.5, 0.6) is 11.5 Å². The van der Waals surface area contributed by atoms with Gasteiger partial charge in [-0.3, -0.25) is 9.59 Å². The monoisotopic (exact) mass is 1550 g/mol. The number of benzene rings is 2. The molecule has 0 aromatic heterocycles. The smallest absolute Gasteiger partial charge is 0.344 e. The van der Waals surface area contributed by atoms with Gasteiger partial charge in [-0.15, -0.1) is 0 Å². The molecule has 0 spiro atoms. The van der Waals surface area contributed by atoms with Gasteiger partial charge in [0, 0.05) is 75.5 Å². The molecule has 6 aliphatic rings. The van der Waals surface area contributed by atoms with Gasteiger partial charge in [0.2, 0.25) is 0 Å². The van der Waals surface area contributed by atoms with E-state index in [1.54, 1.807) is 36.4 Å². The van der Waals surface area contributed by atoms with Gasteiger partial charge in [0.1, 0.15) is 11.5 Å². The summed E-state index contributed by atoms with van der Waals surface area (Å²) in [6.07, 6.45) is 10.8. The van der Waals surface area contributed by atoms with E-state index in [-0.39, 0.29) is 157 Å². The third-order valence-electron chi connectivity index (χ3n) is 24.6. The van der Waals surface area contributed by atoms with Crippen molar-refractivity contribution in [3.63, 3.8) is 0 Å². The first-order valence-electron chi connectivity index (χ1n) is 34.3. The second-order valence-corrected chi connectivity index (χ2v) is 62.6. The normalized spacial score (nSPS) is 34.6. The van der Waals surface area contributed by atoms with Gasteiger partial charge in [0.15, 0.2) is 46.5 Å². The number of amides is 2. The van der Waals surface area contributed by atoms with E-state index in [9.17, 15) is 9.59 Å². The number of rotatable bonds is 20. The Bertz CT molecular complexity index is 2960. The van der Waals surface area contributed by atoms with Crippen molar-refractivity contribution in [1.29, 1.82) is 0 Å². The molecular weight excluding hydrogens is 1420 g/mol. The molecule has 4 saturated heterocycles. The molecule has 14 nitrogen and oxygen atoms in total. The van der Waals surface area contributed by atoms with Crippen LogP contribution in [0, 0.1) is 36.5 Å². The van der Waals surface area contributed by atoms with Gasteiger partial charge in [0.25, 0.3) is 24.2 Å². The minimum absolute atomic E-state index is 0. The summed E-state index contributed by atoms with van der Waals surface area (Å²) >= 11 is 0. The molecule has 0 bridgehead atoms. The summed E-state index contributed by atoms with van der Waals surface area (Å²) in [5, 5.41) is 6.63. The fraction of sp³-hybridized carbons (Fsp3) is 0.750. The Morgan fingerprint density at radius 2 is 0.777 bits per heavy atom. The SMILES string of the molecule is CC(C)[Si]1(CC(C)(C)C)O[Si]2(CNC(=O)COc3ccc(C=[N+]=[N-])cc3)O[Si](CC(C)(C)C)(C(C)C)C3(C)CCCC1(C)C32C.CC(C)[Si]1(CC(C)(C)C)O[Si]2(CNC(=O)COc3cccc(C=[N+]=[N-])c3)O[Si](CC(C)(C)C)(C(C)C)C3(C)CCCC1(C)C32C.[CH3-].[CH3-].[Y].[Y]. The largest absolute Gasteiger partial charge is 0.484 e. The Labute approximate surface area is 629 Å². The van der Waals surface area contributed by atoms with Gasteiger partial charge in [-0.2, -0.15) is 9.58 Å². The molecule has 2 amide bonds. The minimum atomic E-state index is -3.06. The van der Waals surface area contributed by atoms with Crippen LogP contribution in [0.1, 0.15) is 230 Å². The molecule has 6 fully saturated rings. The van der Waals surface area contributed by atoms with Crippen molar-refractivity contribution < 1.29 is 111 Å². The maximum absolute atomic E-state index is 13.6. The quantitative estimate of drug-likeness (QED) is 0.0431. The van der Waals surface area contributed by atoms with Crippen molar-refractivity contribution in [3.8, 4) is 11.5 Å². The van der Waals surface area contributed by atoms with Crippen molar-refractivity contribution in [2.45, 2.75) is 295 Å². The number of hydrogen-bond donors (Lipinski definition) is 2. The Hall–Kier alpha value is -0.911. The molecule has 2 saturated carbocycles. The molecule has 2 radical (unpaired) electrons. The summed E-state index contributed by atoms with van der Waals surface area (Å²) in [7, 11) is -15.9. The molecule has 2 aliphatic carbocycles. The summed E-state index contributed by atoms with van der Waals surface area (Å²) < 4.78 is 44.0. The van der Waals surface area contributed by atoms with E-state index in [4.69, 9.17) is 37.0 Å². The van der Waals surface area contributed by atoms with Crippen molar-refractivity contribution in [3.05, 3.63) is 85.6 Å². The zero-order valence-corrected chi connectivity index (χ0v) is 75.9. The van der Waals surface area contributed by atoms with Gasteiger partial charge in [-0.1, -0.05) is 199 Å². The topological polar surface area (TPSA) is 186 Å². The second kappa shape index (κ2) is 30.2. The van der Waals surface area contributed by atoms with Gasteiger partial charge >= 0.3 is 17.1 Å². The van der Waals surface area contributed by atoms with E-state index < -0.39 is 50.4 Å². The maximum Gasteiger partial charge on any atom is 0.344 e. The number of carbonyl (C=O) groups excluding carboxylic acids is 2. The summed E-state index contributed by atoms with van der Waals surface area (Å²) in [6, 6.07) is 18.7. The summed E-state index contributed by atoms with van der Waals surface area (Å²) in [5.74, 6) is 0.843. The van der Waals surface area contributed by atoms with E-state index in [0.717, 1.165) is 29.7 Å². The predicted molar refractivity (Wildman–Crippen MR) is 395 cm³/mol. The zero-order chi connectivity index (χ0) is 67.8. The van der Waals surface area contributed by atoms with Crippen LogP contribution in [0.3, 0.4) is 0 Å². The first kappa shape index (κ1) is 87.3. The van der Waals surface area contributed by atoms with E-state index in [1.165, 1.54) is 51.0 Å². The number of carbonyl (C=O) groups is 2. The maximum atomic E-state index is 13.6. The molecule has 8 rings (SSSR count). The van der Waals surface area contributed by atoms with Crippen LogP contribution in [0.25, 0.3) is 11.1 Å². The van der Waals surface area contributed by atoms with Gasteiger partial charge in [0.05, 0.1) is 23.5 Å². The Balaban J connectivity index is 0.000000470. The molecule has 4 aliphatic heterocycles. The van der Waals surface area contributed by atoms with E-state index in [1.807, 2.05) is 12.1 Å². The number of nitrogens with zero attached hydrogens (tertiary/aromatic N) is 4. The average Bonchev–Trinajstić information content (AvgIpc) is 1.46. The molecule has 8 unspecified atom stereocenters. The van der Waals surface area contributed by atoms with E-state index in [0.29, 0.717) is 51.6 Å². The third kappa shape index (κ3) is 14.6. The predicted octanol–water partition coefficient (Wildman–Crippen LogP) is 19.2. The average molecular weight is 1550 g/mol. The Morgan fingerprint density at radius 1 is 0.489 bits per heavy atom. The van der Waals surface area contributed by atoms with Gasteiger partial charge < -0.3 is 62.5 Å². The molecule has 8 atom stereocenters. The van der Waals surface area contributed by atoms with Crippen molar-refractivity contribution in [2.75, 3.05) is 25.5 Å². The summed E-state index contributed by atoms with van der Waals surface area (Å²) in [6.45, 7) is 63.2. The van der Waals surface area contributed by atoms with Gasteiger partial charge in [-0.25, -0.2) is 0 Å². The van der Waals surface area contributed by atoms with Crippen molar-refractivity contribution in [2.24, 2.45) is 21.7 Å². The fourth-order valence-electron chi connectivity index (χ4n) is 20.8. The Kier molecular flexibility index (Phi) is 28.0. The molecule has 2 aromatic rings. The summed E-state index contributed by atoms with van der Waals surface area (Å²) in [5.41, 5.74) is 21.4. The third-order valence-corrected chi connectivity index (χ3v) is 67.5. The molecular formula is C72H128N6O8Si6Y2-2. The van der Waals surface area contributed by atoms with Crippen LogP contribution in [-0.2, 0) is 91.5 Å². The standard InChI is InChI=1S/2C35H61N3O4Si3.2CH3.2Y/c1-26(2)43(23-31(5,6)7)33(11)19-14-20-34(12)35(33,13)45(41-43,42-44(34,27(3)4)24-32(8,9)10)25-37-30(39)22-40-29-17-15-28(16-18-29)21-38-36;1-26(2)43(23-31(5,6)7)33(11)18-15-19-34(12)35(33,13)45(41-43,42-44(34,27(3)4)24-32(8,9)10)25-37-30(39)22-40-29-17-14-16-28(20-29)21-38-36;;;;/h15-18,21,26-27H,14,19-20,22-25H2,1-13H3,(H,37,39);14,16-17,20-21,26-27H,15,18-19,22-25H2,1-13H3,(H,37,39);2*1H3;;/q;;2*-1;;. The number of ether oxygens (including phenoxy) is 2. The minimum Gasteiger partial charge on any atom is -0.484 e. The first-order chi connectivity index (χ1) is 41.2. The fourth-order valence-corrected chi connectivity index (χ4v) is 76.2.